The smallest absolute Gasteiger partial charge is 0.297 e. The number of ether oxygens (including phenoxy) is 2. The fourth-order valence-electron chi connectivity index (χ4n) is 4.16. The zero-order valence-electron chi connectivity index (χ0n) is 17.0. The Bertz CT molecular complexity index is 1190. The van der Waals surface area contributed by atoms with Gasteiger partial charge in [-0.1, -0.05) is 28.9 Å². The van der Waals surface area contributed by atoms with E-state index < -0.39 is 11.3 Å². The molecule has 2 fully saturated rings. The van der Waals surface area contributed by atoms with Crippen LogP contribution in [-0.2, 0) is 20.8 Å². The summed E-state index contributed by atoms with van der Waals surface area (Å²) in [6.07, 6.45) is 1.22. The van der Waals surface area contributed by atoms with Crippen molar-refractivity contribution in [3.8, 4) is 11.3 Å². The van der Waals surface area contributed by atoms with Crippen molar-refractivity contribution in [3.63, 3.8) is 0 Å². The maximum Gasteiger partial charge on any atom is 0.297 e. The van der Waals surface area contributed by atoms with Gasteiger partial charge in [-0.05, 0) is 19.1 Å². The number of amides is 1. The fraction of sp³-hybridized carbons (Fsp3) is 0.429. The van der Waals surface area contributed by atoms with Crippen LogP contribution in [0.4, 0.5) is 0 Å². The normalized spacial score (nSPS) is 18.2. The Labute approximate surface area is 182 Å². The summed E-state index contributed by atoms with van der Waals surface area (Å²) >= 11 is 6.01. The van der Waals surface area contributed by atoms with E-state index in [0.29, 0.717) is 61.0 Å². The maximum absolute atomic E-state index is 12.9. The largest absolute Gasteiger partial charge is 0.360 e. The highest BCUT2D eigenvalue weighted by Crippen LogP contribution is 2.31. The highest BCUT2D eigenvalue weighted by Gasteiger charge is 2.40. The molecule has 0 N–H and O–H groups in total. The molecule has 1 amide bonds. The van der Waals surface area contributed by atoms with Gasteiger partial charge in [-0.3, -0.25) is 9.59 Å². The molecule has 1 aromatic carbocycles. The molecule has 2 aromatic heterocycles. The van der Waals surface area contributed by atoms with Crippen LogP contribution in [0.15, 0.2) is 33.6 Å². The first-order chi connectivity index (χ1) is 15.0. The molecule has 2 aliphatic heterocycles. The number of aromatic nitrogens is 3. The molecule has 0 bridgehead atoms. The predicted molar refractivity (Wildman–Crippen MR) is 112 cm³/mol. The summed E-state index contributed by atoms with van der Waals surface area (Å²) in [6, 6.07) is 7.09. The number of piperidine rings is 1. The molecule has 0 atom stereocenters. The number of hydrogen-bond donors (Lipinski definition) is 0. The third kappa shape index (κ3) is 3.62. The molecule has 2 saturated heterocycles. The van der Waals surface area contributed by atoms with E-state index in [4.69, 9.17) is 25.6 Å². The minimum absolute atomic E-state index is 0.149. The number of benzene rings is 1. The lowest BCUT2D eigenvalue weighted by Gasteiger charge is -2.37. The van der Waals surface area contributed by atoms with Crippen LogP contribution in [0.3, 0.4) is 0 Å². The summed E-state index contributed by atoms with van der Waals surface area (Å²) in [7, 11) is 0. The number of aryl methyl sites for hydroxylation is 1. The van der Waals surface area contributed by atoms with Crippen molar-refractivity contribution in [1.82, 2.24) is 19.8 Å². The van der Waals surface area contributed by atoms with Crippen molar-refractivity contribution in [3.05, 3.63) is 45.4 Å². The lowest BCUT2D eigenvalue weighted by atomic mass is 10.0. The maximum atomic E-state index is 12.9. The van der Waals surface area contributed by atoms with Gasteiger partial charge in [0, 0.05) is 36.5 Å². The highest BCUT2D eigenvalue weighted by atomic mass is 35.5. The van der Waals surface area contributed by atoms with Crippen LogP contribution in [0.25, 0.3) is 22.2 Å². The Morgan fingerprint density at radius 3 is 2.52 bits per heavy atom. The number of halogens is 1. The number of fused-ring (bicyclic) bond motifs is 1. The number of nitrogens with zero attached hydrogens (tertiary/aromatic N) is 4. The molecule has 5 rings (SSSR count). The van der Waals surface area contributed by atoms with Crippen LogP contribution < -0.4 is 5.56 Å². The summed E-state index contributed by atoms with van der Waals surface area (Å²) in [4.78, 5) is 27.6. The summed E-state index contributed by atoms with van der Waals surface area (Å²) in [5, 5.41) is 9.54. The lowest BCUT2D eigenvalue weighted by molar-refractivity contribution is -0.187. The number of hydrogen-bond acceptors (Lipinski definition) is 7. The number of rotatable bonds is 3. The van der Waals surface area contributed by atoms with E-state index in [9.17, 15) is 9.59 Å². The van der Waals surface area contributed by atoms with E-state index in [1.54, 1.807) is 36.1 Å². The van der Waals surface area contributed by atoms with E-state index in [1.165, 1.54) is 0 Å². The van der Waals surface area contributed by atoms with Gasteiger partial charge >= 0.3 is 0 Å². The zero-order chi connectivity index (χ0) is 21.6. The minimum atomic E-state index is -0.565. The SMILES string of the molecule is Cc1onc2c(=O)n(CC(=O)N3CCC4(CC3)OCCO4)nc(-c3ccc(Cl)cc3)c12. The van der Waals surface area contributed by atoms with Gasteiger partial charge in [-0.2, -0.15) is 5.10 Å². The van der Waals surface area contributed by atoms with Crippen LogP contribution in [0, 0.1) is 6.92 Å². The van der Waals surface area contributed by atoms with E-state index in [1.807, 2.05) is 0 Å². The molecule has 3 aromatic rings. The second-order valence-electron chi connectivity index (χ2n) is 7.77. The molecule has 0 saturated carbocycles. The Hall–Kier alpha value is -2.75. The monoisotopic (exact) mass is 444 g/mol. The van der Waals surface area contributed by atoms with Gasteiger partial charge in [0.1, 0.15) is 18.0 Å². The number of carbonyl (C=O) groups is 1. The second kappa shape index (κ2) is 7.74. The molecule has 0 unspecified atom stereocenters. The number of carbonyl (C=O) groups excluding carboxylic acids is 1. The predicted octanol–water partition coefficient (Wildman–Crippen LogP) is 2.38. The van der Waals surface area contributed by atoms with Crippen molar-refractivity contribution < 1.29 is 18.8 Å². The summed E-state index contributed by atoms with van der Waals surface area (Å²) in [6.45, 7) is 3.71. The average molecular weight is 445 g/mol. The van der Waals surface area contributed by atoms with Gasteiger partial charge in [0.2, 0.25) is 5.91 Å². The topological polar surface area (TPSA) is 99.7 Å². The summed E-state index contributed by atoms with van der Waals surface area (Å²) in [5.41, 5.74) is 0.949. The van der Waals surface area contributed by atoms with Crippen molar-refractivity contribution in [2.75, 3.05) is 26.3 Å². The van der Waals surface area contributed by atoms with Gasteiger partial charge in [-0.25, -0.2) is 4.68 Å². The molecule has 2 aliphatic rings. The van der Waals surface area contributed by atoms with Gasteiger partial charge in [0.05, 0.1) is 18.6 Å². The Morgan fingerprint density at radius 2 is 1.84 bits per heavy atom. The molecule has 0 radical (unpaired) electrons. The van der Waals surface area contributed by atoms with E-state index in [-0.39, 0.29) is 18.0 Å². The first-order valence-electron chi connectivity index (χ1n) is 10.1. The van der Waals surface area contributed by atoms with Gasteiger partial charge < -0.3 is 18.9 Å². The van der Waals surface area contributed by atoms with E-state index in [0.717, 1.165) is 10.2 Å². The molecule has 31 heavy (non-hydrogen) atoms. The molecule has 0 aliphatic carbocycles. The Morgan fingerprint density at radius 1 is 1.16 bits per heavy atom. The lowest BCUT2D eigenvalue weighted by Crippen LogP contribution is -2.48. The molecule has 9 nitrogen and oxygen atoms in total. The summed E-state index contributed by atoms with van der Waals surface area (Å²) < 4.78 is 17.8. The van der Waals surface area contributed by atoms with Crippen LogP contribution in [0.1, 0.15) is 18.6 Å². The van der Waals surface area contributed by atoms with E-state index in [2.05, 4.69) is 10.3 Å². The zero-order valence-corrected chi connectivity index (χ0v) is 17.7. The quantitative estimate of drug-likeness (QED) is 0.611. The standard InChI is InChI=1S/C21H21ClN4O5/c1-13-17-18(14-2-4-15(22)5-3-14)23-26(20(28)19(17)24-31-13)12-16(27)25-8-6-21(7-9-25)29-10-11-30-21/h2-5H,6-12H2,1H3. The second-order valence-corrected chi connectivity index (χ2v) is 8.21. The molecular formula is C21H21ClN4O5. The average Bonchev–Trinajstić information content (AvgIpc) is 3.38. The van der Waals surface area contributed by atoms with Crippen molar-refractivity contribution in [2.45, 2.75) is 32.1 Å². The first kappa shape index (κ1) is 20.2. The Kier molecular flexibility index (Phi) is 5.04. The third-order valence-electron chi connectivity index (χ3n) is 5.85. The minimum Gasteiger partial charge on any atom is -0.360 e. The molecule has 10 heteroatoms. The Balaban J connectivity index is 1.45. The van der Waals surface area contributed by atoms with Gasteiger partial charge in [0.15, 0.2) is 11.3 Å². The van der Waals surface area contributed by atoms with Crippen LogP contribution in [0.5, 0.6) is 0 Å². The molecule has 1 spiro atoms. The van der Waals surface area contributed by atoms with Crippen molar-refractivity contribution in [1.29, 1.82) is 0 Å². The molecule has 162 valence electrons. The number of likely N-dealkylation sites (tertiary alicyclic amines) is 1. The molecular weight excluding hydrogens is 424 g/mol. The van der Waals surface area contributed by atoms with Gasteiger partial charge in [0.25, 0.3) is 5.56 Å². The molecule has 4 heterocycles. The summed E-state index contributed by atoms with van der Waals surface area (Å²) in [5.74, 6) is -0.268. The van der Waals surface area contributed by atoms with Gasteiger partial charge in [-0.15, -0.1) is 0 Å². The highest BCUT2D eigenvalue weighted by molar-refractivity contribution is 6.30. The third-order valence-corrected chi connectivity index (χ3v) is 6.10. The van der Waals surface area contributed by atoms with Crippen LogP contribution in [0.2, 0.25) is 5.02 Å². The van der Waals surface area contributed by atoms with E-state index >= 15 is 0 Å². The van der Waals surface area contributed by atoms with Crippen LogP contribution >= 0.6 is 11.6 Å². The van der Waals surface area contributed by atoms with Crippen LogP contribution in [-0.4, -0.2) is 57.8 Å². The van der Waals surface area contributed by atoms with Crippen molar-refractivity contribution in [2.24, 2.45) is 0 Å². The van der Waals surface area contributed by atoms with Crippen molar-refractivity contribution >= 4 is 28.4 Å². The first-order valence-corrected chi connectivity index (χ1v) is 10.5. The fourth-order valence-corrected chi connectivity index (χ4v) is 4.29.